The first-order valence-corrected chi connectivity index (χ1v) is 7.18. The Kier molecular flexibility index (Phi) is 4.55. The predicted molar refractivity (Wildman–Crippen MR) is 60.1 cm³/mol. The Morgan fingerprint density at radius 2 is 1.80 bits per heavy atom. The zero-order chi connectivity index (χ0) is 11.5. The second-order valence-electron chi connectivity index (χ2n) is 4.27. The topological polar surface area (TPSA) is 57.6 Å². The van der Waals surface area contributed by atoms with Gasteiger partial charge in [-0.05, 0) is 38.5 Å². The monoisotopic (exact) mass is 235 g/mol. The standard InChI is InChI=1S/C10H21NO3S/c1-3-15(13,14)11(2)10-6-4-9(8-12)5-7-10/h9-10,12H,3-8H2,1-2H3. The maximum Gasteiger partial charge on any atom is 0.213 e. The van der Waals surface area contributed by atoms with E-state index in [9.17, 15) is 8.42 Å². The van der Waals surface area contributed by atoms with Crippen LogP contribution in [0.2, 0.25) is 0 Å². The van der Waals surface area contributed by atoms with Gasteiger partial charge in [-0.2, -0.15) is 0 Å². The number of rotatable bonds is 4. The van der Waals surface area contributed by atoms with Gasteiger partial charge in [-0.15, -0.1) is 0 Å². The first-order chi connectivity index (χ1) is 7.01. The largest absolute Gasteiger partial charge is 0.396 e. The fourth-order valence-electron chi connectivity index (χ4n) is 2.12. The van der Waals surface area contributed by atoms with Crippen molar-refractivity contribution in [1.29, 1.82) is 0 Å². The lowest BCUT2D eigenvalue weighted by Crippen LogP contribution is -2.40. The molecule has 1 saturated carbocycles. The molecule has 1 aliphatic carbocycles. The minimum absolute atomic E-state index is 0.137. The molecule has 1 N–H and O–H groups in total. The van der Waals surface area contributed by atoms with Crippen molar-refractivity contribution in [1.82, 2.24) is 4.31 Å². The van der Waals surface area contributed by atoms with Crippen molar-refractivity contribution in [3.63, 3.8) is 0 Å². The van der Waals surface area contributed by atoms with Gasteiger partial charge < -0.3 is 5.11 Å². The number of hydrogen-bond acceptors (Lipinski definition) is 3. The number of nitrogens with zero attached hydrogens (tertiary/aromatic N) is 1. The highest BCUT2D eigenvalue weighted by Gasteiger charge is 2.28. The zero-order valence-corrected chi connectivity index (χ0v) is 10.3. The highest BCUT2D eigenvalue weighted by atomic mass is 32.2. The molecule has 90 valence electrons. The van der Waals surface area contributed by atoms with Gasteiger partial charge in [-0.1, -0.05) is 0 Å². The highest BCUT2D eigenvalue weighted by molar-refractivity contribution is 7.89. The number of hydrogen-bond donors (Lipinski definition) is 1. The zero-order valence-electron chi connectivity index (χ0n) is 9.52. The normalized spacial score (nSPS) is 28.3. The van der Waals surface area contributed by atoms with Crippen molar-refractivity contribution < 1.29 is 13.5 Å². The van der Waals surface area contributed by atoms with E-state index in [1.807, 2.05) is 0 Å². The molecule has 0 heterocycles. The van der Waals surface area contributed by atoms with E-state index < -0.39 is 10.0 Å². The van der Waals surface area contributed by atoms with Crippen molar-refractivity contribution in [3.8, 4) is 0 Å². The SMILES string of the molecule is CCS(=O)(=O)N(C)C1CCC(CO)CC1. The maximum atomic E-state index is 11.6. The second-order valence-corrected chi connectivity index (χ2v) is 6.59. The molecular weight excluding hydrogens is 214 g/mol. The van der Waals surface area contributed by atoms with Gasteiger partial charge in [-0.25, -0.2) is 12.7 Å². The van der Waals surface area contributed by atoms with Crippen molar-refractivity contribution in [2.75, 3.05) is 19.4 Å². The van der Waals surface area contributed by atoms with E-state index in [2.05, 4.69) is 0 Å². The molecular formula is C10H21NO3S. The van der Waals surface area contributed by atoms with Crippen LogP contribution in [0, 0.1) is 5.92 Å². The Balaban J connectivity index is 2.53. The lowest BCUT2D eigenvalue weighted by molar-refractivity contribution is 0.159. The van der Waals surface area contributed by atoms with E-state index in [0.29, 0.717) is 5.92 Å². The summed E-state index contributed by atoms with van der Waals surface area (Å²) in [6.45, 7) is 1.90. The molecule has 0 unspecified atom stereocenters. The van der Waals surface area contributed by atoms with Gasteiger partial charge in [0.2, 0.25) is 10.0 Å². The molecule has 0 aromatic carbocycles. The Bertz CT molecular complexity index is 281. The average molecular weight is 235 g/mol. The van der Waals surface area contributed by atoms with Crippen LogP contribution in [-0.4, -0.2) is 43.3 Å². The molecule has 4 nitrogen and oxygen atoms in total. The first-order valence-electron chi connectivity index (χ1n) is 5.57. The fourth-order valence-corrected chi connectivity index (χ4v) is 3.19. The van der Waals surface area contributed by atoms with Gasteiger partial charge in [0.25, 0.3) is 0 Å². The summed E-state index contributed by atoms with van der Waals surface area (Å²) >= 11 is 0. The Morgan fingerprint density at radius 3 is 2.20 bits per heavy atom. The fraction of sp³-hybridized carbons (Fsp3) is 1.00. The summed E-state index contributed by atoms with van der Waals surface area (Å²) < 4.78 is 24.8. The quantitative estimate of drug-likeness (QED) is 0.785. The third-order valence-electron chi connectivity index (χ3n) is 3.39. The Labute approximate surface area is 92.3 Å². The molecule has 1 rings (SSSR count). The molecule has 0 amide bonds. The lowest BCUT2D eigenvalue weighted by Gasteiger charge is -2.33. The smallest absolute Gasteiger partial charge is 0.213 e. The molecule has 0 atom stereocenters. The minimum atomic E-state index is -3.05. The van der Waals surface area contributed by atoms with E-state index >= 15 is 0 Å². The summed E-state index contributed by atoms with van der Waals surface area (Å²) in [6, 6.07) is 0.137. The predicted octanol–water partition coefficient (Wildman–Crippen LogP) is 0.819. The average Bonchev–Trinajstić information content (AvgIpc) is 2.28. The molecule has 1 fully saturated rings. The minimum Gasteiger partial charge on any atom is -0.396 e. The summed E-state index contributed by atoms with van der Waals surface area (Å²) in [5, 5.41) is 8.99. The van der Waals surface area contributed by atoms with Gasteiger partial charge in [0.15, 0.2) is 0 Å². The van der Waals surface area contributed by atoms with Crippen molar-refractivity contribution in [2.45, 2.75) is 38.6 Å². The molecule has 1 aliphatic rings. The van der Waals surface area contributed by atoms with Crippen LogP contribution in [-0.2, 0) is 10.0 Å². The summed E-state index contributed by atoms with van der Waals surface area (Å²) in [5.41, 5.74) is 0. The van der Waals surface area contributed by atoms with E-state index in [1.54, 1.807) is 14.0 Å². The second kappa shape index (κ2) is 5.27. The van der Waals surface area contributed by atoms with Crippen LogP contribution in [0.1, 0.15) is 32.6 Å². The van der Waals surface area contributed by atoms with Crippen molar-refractivity contribution in [2.24, 2.45) is 5.92 Å². The Hall–Kier alpha value is -0.130. The summed E-state index contributed by atoms with van der Waals surface area (Å²) in [5.74, 6) is 0.544. The molecule has 0 aromatic rings. The molecule has 0 radical (unpaired) electrons. The van der Waals surface area contributed by atoms with E-state index in [0.717, 1.165) is 25.7 Å². The van der Waals surface area contributed by atoms with Crippen LogP contribution in [0.4, 0.5) is 0 Å². The number of aliphatic hydroxyl groups is 1. The third kappa shape index (κ3) is 3.16. The van der Waals surface area contributed by atoms with E-state index in [1.165, 1.54) is 4.31 Å². The molecule has 15 heavy (non-hydrogen) atoms. The highest BCUT2D eigenvalue weighted by Crippen LogP contribution is 2.27. The summed E-state index contributed by atoms with van der Waals surface area (Å²) in [6.07, 6.45) is 3.62. The Morgan fingerprint density at radius 1 is 1.27 bits per heavy atom. The lowest BCUT2D eigenvalue weighted by atomic mass is 9.87. The molecule has 0 spiro atoms. The van der Waals surface area contributed by atoms with Gasteiger partial charge in [0.1, 0.15) is 0 Å². The van der Waals surface area contributed by atoms with Crippen LogP contribution in [0.3, 0.4) is 0 Å². The van der Waals surface area contributed by atoms with Gasteiger partial charge in [0.05, 0.1) is 5.75 Å². The van der Waals surface area contributed by atoms with E-state index in [4.69, 9.17) is 5.11 Å². The van der Waals surface area contributed by atoms with Crippen LogP contribution in [0.15, 0.2) is 0 Å². The van der Waals surface area contributed by atoms with Crippen LogP contribution >= 0.6 is 0 Å². The van der Waals surface area contributed by atoms with E-state index in [-0.39, 0.29) is 18.4 Å². The first kappa shape index (κ1) is 12.9. The third-order valence-corrected chi connectivity index (χ3v) is 5.30. The van der Waals surface area contributed by atoms with Crippen LogP contribution < -0.4 is 0 Å². The van der Waals surface area contributed by atoms with Crippen molar-refractivity contribution in [3.05, 3.63) is 0 Å². The number of aliphatic hydroxyl groups excluding tert-OH is 1. The van der Waals surface area contributed by atoms with Gasteiger partial charge in [-0.3, -0.25) is 0 Å². The molecule has 0 bridgehead atoms. The number of sulfonamides is 1. The van der Waals surface area contributed by atoms with Crippen LogP contribution in [0.5, 0.6) is 0 Å². The summed E-state index contributed by atoms with van der Waals surface area (Å²) in [7, 11) is -1.38. The van der Waals surface area contributed by atoms with Crippen molar-refractivity contribution >= 4 is 10.0 Å². The molecule has 5 heteroatoms. The van der Waals surface area contributed by atoms with Gasteiger partial charge in [0, 0.05) is 19.7 Å². The van der Waals surface area contributed by atoms with Crippen LogP contribution in [0.25, 0.3) is 0 Å². The maximum absolute atomic E-state index is 11.6. The molecule has 0 aromatic heterocycles. The molecule has 0 saturated heterocycles. The molecule has 0 aliphatic heterocycles. The summed E-state index contributed by atoms with van der Waals surface area (Å²) in [4.78, 5) is 0. The van der Waals surface area contributed by atoms with Gasteiger partial charge >= 0.3 is 0 Å².